The second-order valence-corrected chi connectivity index (χ2v) is 3.22. The van der Waals surface area contributed by atoms with Crippen LogP contribution in [0.25, 0.3) is 17.0 Å². The molecule has 1 aromatic heterocycles. The molecule has 0 unspecified atom stereocenters. The van der Waals surface area contributed by atoms with Crippen molar-refractivity contribution in [1.82, 2.24) is 4.98 Å². The number of hydrogen-bond acceptors (Lipinski definition) is 1. The largest absolute Gasteiger partial charge is 0.464 e. The van der Waals surface area contributed by atoms with E-state index in [4.69, 9.17) is 4.74 Å². The van der Waals surface area contributed by atoms with Crippen LogP contribution < -0.4 is 4.74 Å². The molecule has 0 saturated carbocycles. The van der Waals surface area contributed by atoms with Gasteiger partial charge >= 0.3 is 0 Å². The molecule has 2 aromatic rings. The molecule has 0 spiro atoms. The van der Waals surface area contributed by atoms with E-state index in [9.17, 15) is 0 Å². The lowest BCUT2D eigenvalue weighted by molar-refractivity contribution is 0.482. The number of hydrogen-bond donors (Lipinski definition) is 1. The first-order chi connectivity index (χ1) is 6.95. The van der Waals surface area contributed by atoms with E-state index in [1.54, 1.807) is 6.26 Å². The first kappa shape index (κ1) is 7.44. The Hall–Kier alpha value is -1.96. The lowest BCUT2D eigenvalue weighted by Gasteiger charge is -2.04. The molecule has 1 aliphatic heterocycles. The molecule has 0 aliphatic carbocycles. The molecule has 1 aliphatic rings. The van der Waals surface area contributed by atoms with Gasteiger partial charge in [-0.05, 0) is 30.4 Å². The molecule has 0 radical (unpaired) electrons. The van der Waals surface area contributed by atoms with E-state index in [0.29, 0.717) is 0 Å². The number of fused-ring (bicyclic) bond motifs is 3. The second kappa shape index (κ2) is 2.77. The van der Waals surface area contributed by atoms with Crippen molar-refractivity contribution < 1.29 is 4.74 Å². The standard InChI is InChI=1S/C12H9NO/c1-2-8-14-11-5-4-9-6-7-13-12(9)10(11)3-1/h1-8,13H. The Labute approximate surface area is 81.5 Å². The van der Waals surface area contributed by atoms with Crippen LogP contribution in [0.3, 0.4) is 0 Å². The number of allylic oxidation sites excluding steroid dienone is 2. The number of rotatable bonds is 0. The Morgan fingerprint density at radius 3 is 3.07 bits per heavy atom. The van der Waals surface area contributed by atoms with Crippen LogP contribution in [0.2, 0.25) is 0 Å². The van der Waals surface area contributed by atoms with E-state index < -0.39 is 0 Å². The first-order valence-corrected chi connectivity index (χ1v) is 4.55. The Bertz CT molecular complexity index is 534. The van der Waals surface area contributed by atoms with Gasteiger partial charge in [0.1, 0.15) is 5.75 Å². The van der Waals surface area contributed by atoms with Gasteiger partial charge in [0, 0.05) is 17.1 Å². The second-order valence-electron chi connectivity index (χ2n) is 3.22. The highest BCUT2D eigenvalue weighted by molar-refractivity contribution is 5.90. The van der Waals surface area contributed by atoms with Crippen molar-refractivity contribution in [2.24, 2.45) is 0 Å². The summed E-state index contributed by atoms with van der Waals surface area (Å²) in [4.78, 5) is 3.22. The molecule has 68 valence electrons. The maximum absolute atomic E-state index is 5.46. The quantitative estimate of drug-likeness (QED) is 0.667. The molecular weight excluding hydrogens is 174 g/mol. The Kier molecular flexibility index (Phi) is 1.47. The van der Waals surface area contributed by atoms with Crippen molar-refractivity contribution >= 4 is 17.0 Å². The molecule has 0 amide bonds. The third-order valence-corrected chi connectivity index (χ3v) is 2.38. The van der Waals surface area contributed by atoms with Gasteiger partial charge in [0.25, 0.3) is 0 Å². The SMILES string of the molecule is C1=COc2ccc3cc[nH]c3c2C=C1. The molecule has 0 atom stereocenters. The predicted octanol–water partition coefficient (Wildman–Crippen LogP) is 3.09. The van der Waals surface area contributed by atoms with Crippen molar-refractivity contribution in [2.75, 3.05) is 0 Å². The van der Waals surface area contributed by atoms with E-state index in [2.05, 4.69) is 23.2 Å². The fraction of sp³-hybridized carbons (Fsp3) is 0. The van der Waals surface area contributed by atoms with Gasteiger partial charge in [-0.15, -0.1) is 0 Å². The maximum atomic E-state index is 5.46. The zero-order chi connectivity index (χ0) is 9.38. The van der Waals surface area contributed by atoms with E-state index in [0.717, 1.165) is 16.8 Å². The van der Waals surface area contributed by atoms with Crippen LogP contribution in [0.4, 0.5) is 0 Å². The number of aromatic amines is 1. The molecule has 2 heterocycles. The number of H-pyrrole nitrogens is 1. The normalized spacial score (nSPS) is 13.7. The van der Waals surface area contributed by atoms with Gasteiger partial charge in [-0.1, -0.05) is 6.08 Å². The van der Waals surface area contributed by atoms with Crippen molar-refractivity contribution in [3.05, 3.63) is 48.4 Å². The van der Waals surface area contributed by atoms with Gasteiger partial charge in [-0.25, -0.2) is 0 Å². The summed E-state index contributed by atoms with van der Waals surface area (Å²) in [6.45, 7) is 0. The van der Waals surface area contributed by atoms with Gasteiger partial charge in [0.05, 0.1) is 11.8 Å². The summed E-state index contributed by atoms with van der Waals surface area (Å²) in [6, 6.07) is 6.10. The molecule has 0 fully saturated rings. The summed E-state index contributed by atoms with van der Waals surface area (Å²) in [5.74, 6) is 0.893. The molecule has 3 rings (SSSR count). The summed E-state index contributed by atoms with van der Waals surface area (Å²) < 4.78 is 5.46. The lowest BCUT2D eigenvalue weighted by Crippen LogP contribution is -1.85. The van der Waals surface area contributed by atoms with E-state index in [1.807, 2.05) is 24.4 Å². The Balaban J connectivity index is 2.38. The third-order valence-electron chi connectivity index (χ3n) is 2.38. The number of benzene rings is 1. The monoisotopic (exact) mass is 183 g/mol. The van der Waals surface area contributed by atoms with E-state index >= 15 is 0 Å². The van der Waals surface area contributed by atoms with Crippen LogP contribution in [-0.2, 0) is 0 Å². The maximum Gasteiger partial charge on any atom is 0.135 e. The van der Waals surface area contributed by atoms with Crippen molar-refractivity contribution in [1.29, 1.82) is 0 Å². The average Bonchev–Trinajstić information content (AvgIpc) is 2.55. The number of aromatic nitrogens is 1. The van der Waals surface area contributed by atoms with E-state index in [1.165, 1.54) is 5.39 Å². The molecule has 1 N–H and O–H groups in total. The zero-order valence-electron chi connectivity index (χ0n) is 7.53. The third kappa shape index (κ3) is 0.973. The summed E-state index contributed by atoms with van der Waals surface area (Å²) >= 11 is 0. The molecule has 2 nitrogen and oxygen atoms in total. The van der Waals surface area contributed by atoms with Crippen LogP contribution in [0.1, 0.15) is 5.56 Å². The average molecular weight is 183 g/mol. The van der Waals surface area contributed by atoms with Crippen molar-refractivity contribution in [3.8, 4) is 5.75 Å². The minimum absolute atomic E-state index is 0.893. The molecule has 1 aromatic carbocycles. The van der Waals surface area contributed by atoms with Gasteiger partial charge in [0.2, 0.25) is 0 Å². The predicted molar refractivity (Wildman–Crippen MR) is 57.1 cm³/mol. The number of ether oxygens (including phenoxy) is 1. The highest BCUT2D eigenvalue weighted by Crippen LogP contribution is 2.29. The first-order valence-electron chi connectivity index (χ1n) is 4.55. The Morgan fingerprint density at radius 1 is 1.07 bits per heavy atom. The fourth-order valence-electron chi connectivity index (χ4n) is 1.71. The van der Waals surface area contributed by atoms with Crippen LogP contribution in [0, 0.1) is 0 Å². The van der Waals surface area contributed by atoms with Crippen LogP contribution >= 0.6 is 0 Å². The molecule has 0 bridgehead atoms. The fourth-order valence-corrected chi connectivity index (χ4v) is 1.71. The van der Waals surface area contributed by atoms with Crippen LogP contribution in [0.5, 0.6) is 5.75 Å². The molecular formula is C12H9NO. The van der Waals surface area contributed by atoms with Crippen molar-refractivity contribution in [2.45, 2.75) is 0 Å². The minimum Gasteiger partial charge on any atom is -0.464 e. The minimum atomic E-state index is 0.893. The number of nitrogens with one attached hydrogen (secondary N) is 1. The summed E-state index contributed by atoms with van der Waals surface area (Å²) in [6.07, 6.45) is 9.55. The van der Waals surface area contributed by atoms with Crippen molar-refractivity contribution in [3.63, 3.8) is 0 Å². The van der Waals surface area contributed by atoms with Crippen LogP contribution in [0.15, 0.2) is 42.8 Å². The van der Waals surface area contributed by atoms with E-state index in [-0.39, 0.29) is 0 Å². The molecule has 2 heteroatoms. The highest BCUT2D eigenvalue weighted by atomic mass is 16.5. The molecule has 0 saturated heterocycles. The molecule has 14 heavy (non-hydrogen) atoms. The van der Waals surface area contributed by atoms with Gasteiger partial charge < -0.3 is 9.72 Å². The highest BCUT2D eigenvalue weighted by Gasteiger charge is 2.07. The topological polar surface area (TPSA) is 25.0 Å². The Morgan fingerprint density at radius 2 is 2.07 bits per heavy atom. The summed E-state index contributed by atoms with van der Waals surface area (Å²) in [5, 5.41) is 1.21. The van der Waals surface area contributed by atoms with Gasteiger partial charge in [-0.2, -0.15) is 0 Å². The summed E-state index contributed by atoms with van der Waals surface area (Å²) in [5.41, 5.74) is 2.24. The van der Waals surface area contributed by atoms with Crippen LogP contribution in [-0.4, -0.2) is 4.98 Å². The summed E-state index contributed by atoms with van der Waals surface area (Å²) in [7, 11) is 0. The zero-order valence-corrected chi connectivity index (χ0v) is 7.53. The smallest absolute Gasteiger partial charge is 0.135 e. The lowest BCUT2D eigenvalue weighted by atomic mass is 10.1. The van der Waals surface area contributed by atoms with Gasteiger partial charge in [0.15, 0.2) is 0 Å². The van der Waals surface area contributed by atoms with Gasteiger partial charge in [-0.3, -0.25) is 0 Å².